The van der Waals surface area contributed by atoms with E-state index in [0.29, 0.717) is 11.8 Å². The lowest BCUT2D eigenvalue weighted by Crippen LogP contribution is -2.66. The number of nitrogens with zero attached hydrogens (tertiary/aromatic N) is 3. The van der Waals surface area contributed by atoms with Gasteiger partial charge in [0.2, 0.25) is 0 Å². The van der Waals surface area contributed by atoms with Gasteiger partial charge in [-0.3, -0.25) is 0 Å². The van der Waals surface area contributed by atoms with E-state index in [2.05, 4.69) is 108 Å². The summed E-state index contributed by atoms with van der Waals surface area (Å²) in [7, 11) is -2.73. The number of hydrogen-bond donors (Lipinski definition) is 0. The van der Waals surface area contributed by atoms with Gasteiger partial charge in [-0.25, -0.2) is 9.97 Å². The predicted molar refractivity (Wildman–Crippen MR) is 162 cm³/mol. The van der Waals surface area contributed by atoms with Crippen LogP contribution in [0.25, 0.3) is 11.0 Å². The Morgan fingerprint density at radius 3 is 2.20 bits per heavy atom. The maximum Gasteiger partial charge on any atom is 0.261 e. The first-order chi connectivity index (χ1) is 19.0. The van der Waals surface area contributed by atoms with Crippen molar-refractivity contribution in [2.24, 2.45) is 0 Å². The van der Waals surface area contributed by atoms with Gasteiger partial charge in [-0.05, 0) is 47.3 Å². The number of hydrogen-bond acceptors (Lipinski definition) is 5. The summed E-state index contributed by atoms with van der Waals surface area (Å²) in [4.78, 5) is 8.80. The van der Waals surface area contributed by atoms with E-state index in [4.69, 9.17) is 25.5 Å². The number of fused-ring (bicyclic) bond motifs is 2. The highest BCUT2D eigenvalue weighted by Gasteiger charge is 2.54. The molecule has 0 spiro atoms. The second kappa shape index (κ2) is 9.93. The molecule has 4 aromatic rings. The van der Waals surface area contributed by atoms with Crippen LogP contribution in [0.3, 0.4) is 0 Å². The summed E-state index contributed by atoms with van der Waals surface area (Å²) in [6, 6.07) is 21.3. The van der Waals surface area contributed by atoms with Gasteiger partial charge in [0, 0.05) is 6.20 Å². The molecule has 2 aromatic heterocycles. The zero-order valence-electron chi connectivity index (χ0n) is 23.9. The van der Waals surface area contributed by atoms with Gasteiger partial charge in [0.25, 0.3) is 8.32 Å². The Bertz CT molecular complexity index is 1520. The Hall–Kier alpha value is -2.81. The largest absolute Gasteiger partial charge is 0.403 e. The van der Waals surface area contributed by atoms with Crippen LogP contribution in [-0.2, 0) is 13.9 Å². The lowest BCUT2D eigenvalue weighted by Gasteiger charge is -2.43. The van der Waals surface area contributed by atoms with Gasteiger partial charge in [0.1, 0.15) is 29.3 Å². The molecule has 1 saturated heterocycles. The highest BCUT2D eigenvalue weighted by Crippen LogP contribution is 2.46. The fourth-order valence-electron chi connectivity index (χ4n) is 6.51. The van der Waals surface area contributed by atoms with Crippen molar-refractivity contribution in [1.29, 1.82) is 0 Å². The van der Waals surface area contributed by atoms with Crippen LogP contribution in [0, 0.1) is 6.92 Å². The van der Waals surface area contributed by atoms with Crippen LogP contribution >= 0.6 is 11.6 Å². The number of aryl methyl sites for hydroxylation is 1. The summed E-state index contributed by atoms with van der Waals surface area (Å²) in [6.45, 7) is 13.3. The van der Waals surface area contributed by atoms with Crippen molar-refractivity contribution in [3.63, 3.8) is 0 Å². The van der Waals surface area contributed by atoms with E-state index in [1.54, 1.807) is 0 Å². The summed E-state index contributed by atoms with van der Waals surface area (Å²) in [5.41, 5.74) is 2.91. The average Bonchev–Trinajstić information content (AvgIpc) is 3.53. The molecule has 6 nitrogen and oxygen atoms in total. The normalized spacial score (nSPS) is 22.5. The van der Waals surface area contributed by atoms with E-state index >= 15 is 0 Å². The summed E-state index contributed by atoms with van der Waals surface area (Å²) in [6.07, 6.45) is 5.41. The monoisotopic (exact) mass is 573 g/mol. The van der Waals surface area contributed by atoms with Crippen molar-refractivity contribution in [3.05, 3.63) is 95.6 Å². The Morgan fingerprint density at radius 2 is 1.60 bits per heavy atom. The zero-order chi connectivity index (χ0) is 28.3. The van der Waals surface area contributed by atoms with Gasteiger partial charge >= 0.3 is 0 Å². The quantitative estimate of drug-likeness (QED) is 0.162. The molecular formula is C32H36ClN3O3Si. The third-order valence-corrected chi connectivity index (χ3v) is 13.4. The van der Waals surface area contributed by atoms with Crippen molar-refractivity contribution in [1.82, 2.24) is 14.5 Å². The zero-order valence-corrected chi connectivity index (χ0v) is 25.6. The van der Waals surface area contributed by atoms with Crippen molar-refractivity contribution >= 4 is 41.3 Å². The molecule has 0 unspecified atom stereocenters. The van der Waals surface area contributed by atoms with Crippen LogP contribution in [0.5, 0.6) is 0 Å². The Morgan fingerprint density at radius 1 is 0.975 bits per heavy atom. The fraction of sp³-hybridized carbons (Fsp3) is 0.375. The number of rotatable bonds is 6. The van der Waals surface area contributed by atoms with Crippen molar-refractivity contribution in [2.75, 3.05) is 6.61 Å². The van der Waals surface area contributed by atoms with E-state index in [1.165, 1.54) is 16.7 Å². The van der Waals surface area contributed by atoms with E-state index in [1.807, 2.05) is 20.8 Å². The summed E-state index contributed by atoms with van der Waals surface area (Å²) < 4.78 is 22.5. The van der Waals surface area contributed by atoms with Crippen LogP contribution in [0.15, 0.2) is 84.8 Å². The Labute approximate surface area is 242 Å². The summed E-state index contributed by atoms with van der Waals surface area (Å²) in [5.74, 6) is -0.713. The fourth-order valence-corrected chi connectivity index (χ4v) is 11.3. The molecule has 1 aliphatic carbocycles. The van der Waals surface area contributed by atoms with Crippen molar-refractivity contribution < 1.29 is 13.9 Å². The lowest BCUT2D eigenvalue weighted by molar-refractivity contribution is -0.148. The predicted octanol–water partition coefficient (Wildman–Crippen LogP) is 5.97. The maximum absolute atomic E-state index is 7.30. The van der Waals surface area contributed by atoms with E-state index in [9.17, 15) is 0 Å². The highest BCUT2D eigenvalue weighted by molar-refractivity contribution is 6.99. The second-order valence-corrected chi connectivity index (χ2v) is 17.0. The number of ether oxygens (including phenoxy) is 2. The highest BCUT2D eigenvalue weighted by atomic mass is 35.5. The van der Waals surface area contributed by atoms with Gasteiger partial charge < -0.3 is 18.5 Å². The van der Waals surface area contributed by atoms with Crippen LogP contribution < -0.4 is 10.4 Å². The molecule has 3 heterocycles. The second-order valence-electron chi connectivity index (χ2n) is 12.3. The van der Waals surface area contributed by atoms with E-state index in [-0.39, 0.29) is 23.3 Å². The molecule has 208 valence electrons. The third-order valence-electron chi connectivity index (χ3n) is 8.16. The molecule has 2 aliphatic rings. The lowest BCUT2D eigenvalue weighted by atomic mass is 10.1. The van der Waals surface area contributed by atoms with Crippen molar-refractivity contribution in [2.45, 2.75) is 70.6 Å². The molecular weight excluding hydrogens is 538 g/mol. The van der Waals surface area contributed by atoms with Gasteiger partial charge in [-0.15, -0.1) is 0 Å². The maximum atomic E-state index is 7.30. The molecule has 2 aromatic carbocycles. The molecule has 6 rings (SSSR count). The molecule has 0 saturated carbocycles. The Kier molecular flexibility index (Phi) is 6.79. The molecule has 0 radical (unpaired) electrons. The Balaban J connectivity index is 1.44. The number of aromatic nitrogens is 3. The van der Waals surface area contributed by atoms with E-state index in [0.717, 1.165) is 22.2 Å². The minimum Gasteiger partial charge on any atom is -0.403 e. The molecule has 3 atom stereocenters. The summed E-state index contributed by atoms with van der Waals surface area (Å²) >= 11 is 6.48. The minimum atomic E-state index is -2.73. The molecule has 0 amide bonds. The molecule has 0 bridgehead atoms. The molecule has 1 aliphatic heterocycles. The first-order valence-corrected chi connectivity index (χ1v) is 16.1. The van der Waals surface area contributed by atoms with E-state index < -0.39 is 14.1 Å². The molecule has 0 N–H and O–H groups in total. The van der Waals surface area contributed by atoms with Crippen LogP contribution in [-0.4, -0.2) is 47.5 Å². The van der Waals surface area contributed by atoms with Crippen LogP contribution in [0.4, 0.5) is 0 Å². The van der Waals surface area contributed by atoms with Crippen LogP contribution in [0.2, 0.25) is 10.2 Å². The number of benzene rings is 2. The van der Waals surface area contributed by atoms with Gasteiger partial charge in [0.05, 0.1) is 18.0 Å². The van der Waals surface area contributed by atoms with Gasteiger partial charge in [-0.1, -0.05) is 99.1 Å². The van der Waals surface area contributed by atoms with Crippen LogP contribution in [0.1, 0.15) is 46.2 Å². The van der Waals surface area contributed by atoms with Gasteiger partial charge in [0.15, 0.2) is 5.79 Å². The topological polar surface area (TPSA) is 58.4 Å². The molecule has 1 fully saturated rings. The molecule has 40 heavy (non-hydrogen) atoms. The third kappa shape index (κ3) is 4.44. The van der Waals surface area contributed by atoms with Crippen molar-refractivity contribution in [3.8, 4) is 0 Å². The standard InChI is InChI=1S/C32H36ClN3O3Si/c1-21-18-36(30-26(21)29(33)34-20-35-30)25-17-22(27-28(25)39-32(5,6)38-27)19-37-40(31(2,3)4,23-13-9-7-10-14-23)24-15-11-8-12-16-24/h7-18,20,25,27-28H,19H2,1-6H3/t25-,27-,28+/m1/s1. The average molecular weight is 574 g/mol. The van der Waals surface area contributed by atoms with Gasteiger partial charge in [-0.2, -0.15) is 0 Å². The first kappa shape index (κ1) is 27.4. The minimum absolute atomic E-state index is 0.119. The first-order valence-electron chi connectivity index (χ1n) is 13.8. The summed E-state index contributed by atoms with van der Waals surface area (Å²) in [5, 5.41) is 3.70. The SMILES string of the molecule is Cc1cn([C@@H]2C=C(CO[Si](c3ccccc3)(c3ccccc3)C(C)(C)C)[C@H]3OC(C)(C)O[C@H]32)c2ncnc(Cl)c12. The molecule has 8 heteroatoms. The smallest absolute Gasteiger partial charge is 0.261 e. The number of halogens is 1.